The second kappa shape index (κ2) is 7.69. The van der Waals surface area contributed by atoms with Gasteiger partial charge in [0.25, 0.3) is 0 Å². The van der Waals surface area contributed by atoms with E-state index < -0.39 is 0 Å². The monoisotopic (exact) mass is 466 g/mol. The number of thioether (sulfide) groups is 2. The van der Waals surface area contributed by atoms with Gasteiger partial charge in [-0.25, -0.2) is 9.38 Å². The molecule has 0 bridgehead atoms. The molecule has 0 saturated heterocycles. The van der Waals surface area contributed by atoms with Crippen LogP contribution in [-0.2, 0) is 18.6 Å². The van der Waals surface area contributed by atoms with Crippen LogP contribution >= 0.6 is 58.1 Å². The molecular formula is C19H16Cl2N4S3. The van der Waals surface area contributed by atoms with E-state index in [-0.39, 0.29) is 0 Å². The topological polar surface area (TPSA) is 43.1 Å². The average Bonchev–Trinajstić information content (AvgIpc) is 3.28. The summed E-state index contributed by atoms with van der Waals surface area (Å²) in [6, 6.07) is 5.58. The molecule has 4 aromatic rings. The first-order chi connectivity index (χ1) is 13.7. The number of halogens is 2. The lowest BCUT2D eigenvalue weighted by Crippen LogP contribution is -2.01. The lowest BCUT2D eigenvalue weighted by molar-refractivity contribution is 0.698. The predicted molar refractivity (Wildman–Crippen MR) is 121 cm³/mol. The number of hydrogen-bond acceptors (Lipinski definition) is 6. The molecule has 0 aliphatic heterocycles. The van der Waals surface area contributed by atoms with Gasteiger partial charge in [0.15, 0.2) is 16.0 Å². The first-order valence-electron chi connectivity index (χ1n) is 8.96. The molecule has 0 spiro atoms. The van der Waals surface area contributed by atoms with E-state index in [9.17, 15) is 0 Å². The standard InChI is InChI=1S/C19H16Cl2N4S3/c1-26-18-22-15-10-5-2-3-8-14(10)28-16(15)17-23-24-19(25(17)18)27-9-11-12(20)6-4-7-13(11)21/h4,6-7H,2-3,5,8-9H2,1H3. The maximum Gasteiger partial charge on any atom is 0.198 e. The van der Waals surface area contributed by atoms with Crippen molar-refractivity contribution in [2.45, 2.75) is 41.7 Å². The van der Waals surface area contributed by atoms with Crippen molar-refractivity contribution in [1.82, 2.24) is 19.6 Å². The summed E-state index contributed by atoms with van der Waals surface area (Å²) in [7, 11) is 0. The van der Waals surface area contributed by atoms with E-state index in [1.54, 1.807) is 23.5 Å². The second-order valence-electron chi connectivity index (χ2n) is 6.62. The van der Waals surface area contributed by atoms with Crippen LogP contribution in [0.15, 0.2) is 28.5 Å². The Bertz CT molecular complexity index is 1180. The molecule has 5 rings (SSSR count). The quantitative estimate of drug-likeness (QED) is 0.252. The Morgan fingerprint density at radius 3 is 2.68 bits per heavy atom. The van der Waals surface area contributed by atoms with Gasteiger partial charge in [0.1, 0.15) is 0 Å². The molecular weight excluding hydrogens is 451 g/mol. The highest BCUT2D eigenvalue weighted by atomic mass is 35.5. The van der Waals surface area contributed by atoms with Gasteiger partial charge in [-0.2, -0.15) is 0 Å². The van der Waals surface area contributed by atoms with Crippen LogP contribution in [0.5, 0.6) is 0 Å². The zero-order valence-electron chi connectivity index (χ0n) is 15.0. The summed E-state index contributed by atoms with van der Waals surface area (Å²) in [6.45, 7) is 0. The highest BCUT2D eigenvalue weighted by molar-refractivity contribution is 7.99. The normalized spacial score (nSPS) is 14.1. The zero-order chi connectivity index (χ0) is 19.3. The Balaban J connectivity index is 1.61. The molecule has 0 unspecified atom stereocenters. The Hall–Kier alpha value is -0.990. The van der Waals surface area contributed by atoms with Crippen molar-refractivity contribution >= 4 is 73.9 Å². The third kappa shape index (κ3) is 3.12. The molecule has 4 nitrogen and oxygen atoms in total. The van der Waals surface area contributed by atoms with Crippen molar-refractivity contribution in [2.24, 2.45) is 0 Å². The minimum Gasteiger partial charge on any atom is -0.247 e. The van der Waals surface area contributed by atoms with Gasteiger partial charge < -0.3 is 0 Å². The number of hydrogen-bond donors (Lipinski definition) is 0. The minimum absolute atomic E-state index is 0.631. The molecule has 3 aromatic heterocycles. The van der Waals surface area contributed by atoms with Crippen LogP contribution in [0, 0.1) is 0 Å². The fraction of sp³-hybridized carbons (Fsp3) is 0.316. The van der Waals surface area contributed by atoms with Crippen LogP contribution < -0.4 is 0 Å². The summed E-state index contributed by atoms with van der Waals surface area (Å²) in [5.41, 5.74) is 4.36. The maximum absolute atomic E-state index is 6.33. The Labute approximate surface area is 185 Å². The van der Waals surface area contributed by atoms with Crippen LogP contribution in [0.4, 0.5) is 0 Å². The van der Waals surface area contributed by atoms with Crippen molar-refractivity contribution in [1.29, 1.82) is 0 Å². The van der Waals surface area contributed by atoms with Crippen LogP contribution in [0.1, 0.15) is 28.8 Å². The van der Waals surface area contributed by atoms with Gasteiger partial charge in [-0.3, -0.25) is 0 Å². The third-order valence-electron chi connectivity index (χ3n) is 4.97. The lowest BCUT2D eigenvalue weighted by Gasteiger charge is -2.10. The molecule has 28 heavy (non-hydrogen) atoms. The Morgan fingerprint density at radius 1 is 1.11 bits per heavy atom. The average molecular weight is 467 g/mol. The molecule has 0 saturated carbocycles. The Morgan fingerprint density at radius 2 is 1.89 bits per heavy atom. The first kappa shape index (κ1) is 19.0. The van der Waals surface area contributed by atoms with E-state index in [0.29, 0.717) is 15.8 Å². The van der Waals surface area contributed by atoms with Crippen LogP contribution in [0.25, 0.3) is 15.9 Å². The van der Waals surface area contributed by atoms with E-state index >= 15 is 0 Å². The number of aryl methyl sites for hydroxylation is 2. The molecule has 1 aliphatic carbocycles. The zero-order valence-corrected chi connectivity index (χ0v) is 19.0. The minimum atomic E-state index is 0.631. The number of nitrogens with zero attached hydrogens (tertiary/aromatic N) is 4. The smallest absolute Gasteiger partial charge is 0.198 e. The first-order valence-corrected chi connectivity index (χ1v) is 12.7. The van der Waals surface area contributed by atoms with E-state index in [1.807, 2.05) is 35.8 Å². The van der Waals surface area contributed by atoms with Crippen LogP contribution in [0.2, 0.25) is 10.0 Å². The van der Waals surface area contributed by atoms with Crippen molar-refractivity contribution in [2.75, 3.05) is 6.26 Å². The summed E-state index contributed by atoms with van der Waals surface area (Å²) in [6.07, 6.45) is 6.82. The van der Waals surface area contributed by atoms with E-state index in [2.05, 4.69) is 14.6 Å². The number of benzene rings is 1. The summed E-state index contributed by atoms with van der Waals surface area (Å²) in [5, 5.41) is 12.1. The second-order valence-corrected chi connectivity index (χ2v) is 10.3. The van der Waals surface area contributed by atoms with Gasteiger partial charge >= 0.3 is 0 Å². The molecule has 0 fully saturated rings. The van der Waals surface area contributed by atoms with E-state index in [0.717, 1.165) is 44.6 Å². The van der Waals surface area contributed by atoms with Crippen molar-refractivity contribution in [3.8, 4) is 0 Å². The molecule has 1 aliphatic rings. The predicted octanol–water partition coefficient (Wildman–Crippen LogP) is 6.54. The largest absolute Gasteiger partial charge is 0.247 e. The summed E-state index contributed by atoms with van der Waals surface area (Å²) in [4.78, 5) is 6.48. The van der Waals surface area contributed by atoms with Gasteiger partial charge in [0.05, 0.1) is 10.2 Å². The lowest BCUT2D eigenvalue weighted by atomic mass is 9.98. The molecule has 9 heteroatoms. The third-order valence-corrected chi connectivity index (χ3v) is 8.55. The van der Waals surface area contributed by atoms with Gasteiger partial charge in [-0.15, -0.1) is 21.5 Å². The van der Waals surface area contributed by atoms with E-state index in [1.165, 1.54) is 23.3 Å². The summed E-state index contributed by atoms with van der Waals surface area (Å²) in [5.74, 6) is 0.631. The van der Waals surface area contributed by atoms with Crippen molar-refractivity contribution < 1.29 is 0 Å². The molecule has 144 valence electrons. The Kier molecular flexibility index (Phi) is 5.22. The van der Waals surface area contributed by atoms with Gasteiger partial charge in [0, 0.05) is 20.7 Å². The fourth-order valence-electron chi connectivity index (χ4n) is 3.59. The highest BCUT2D eigenvalue weighted by Gasteiger charge is 2.23. The summed E-state index contributed by atoms with van der Waals surface area (Å²) < 4.78 is 3.23. The molecule has 0 atom stereocenters. The van der Waals surface area contributed by atoms with Gasteiger partial charge in [-0.05, 0) is 55.2 Å². The fourth-order valence-corrected chi connectivity index (χ4v) is 7.17. The maximum atomic E-state index is 6.33. The SMILES string of the molecule is CSc1nc2c3c(sc2c2nnc(SCc4c(Cl)cccc4Cl)n12)CCCC3. The number of aromatic nitrogens is 4. The van der Waals surface area contributed by atoms with Crippen LogP contribution in [-0.4, -0.2) is 25.8 Å². The van der Waals surface area contributed by atoms with Gasteiger partial charge in [-0.1, -0.05) is 52.8 Å². The molecule has 0 N–H and O–H groups in total. The van der Waals surface area contributed by atoms with Crippen molar-refractivity contribution in [3.63, 3.8) is 0 Å². The number of thiophene rings is 1. The summed E-state index contributed by atoms with van der Waals surface area (Å²) >= 11 is 17.7. The van der Waals surface area contributed by atoms with Crippen molar-refractivity contribution in [3.05, 3.63) is 44.2 Å². The highest BCUT2D eigenvalue weighted by Crippen LogP contribution is 2.40. The molecule has 3 heterocycles. The van der Waals surface area contributed by atoms with Crippen LogP contribution in [0.3, 0.4) is 0 Å². The number of fused-ring (bicyclic) bond motifs is 5. The molecule has 0 amide bonds. The number of rotatable bonds is 4. The van der Waals surface area contributed by atoms with Gasteiger partial charge in [0.2, 0.25) is 0 Å². The molecule has 0 radical (unpaired) electrons. The molecule has 1 aromatic carbocycles. The van der Waals surface area contributed by atoms with E-state index in [4.69, 9.17) is 28.2 Å².